The molecule has 0 unspecified atom stereocenters. The molecule has 3 heteroatoms. The molecule has 0 bridgehead atoms. The molecule has 0 N–H and O–H groups in total. The average Bonchev–Trinajstić information content (AvgIpc) is 3.73. The predicted octanol–water partition coefficient (Wildman–Crippen LogP) is 12.7. The van der Waals surface area contributed by atoms with Crippen molar-refractivity contribution >= 4 is 43.7 Å². The summed E-state index contributed by atoms with van der Waals surface area (Å²) in [6.45, 7) is 0. The number of para-hydroxylation sites is 2. The second kappa shape index (κ2) is 11.5. The second-order valence-corrected chi connectivity index (χ2v) is 12.8. The van der Waals surface area contributed by atoms with E-state index in [2.05, 4.69) is 173 Å². The van der Waals surface area contributed by atoms with Gasteiger partial charge in [0, 0.05) is 39.6 Å². The van der Waals surface area contributed by atoms with E-state index in [-0.39, 0.29) is 0 Å². The Hall–Kier alpha value is -6.71. The van der Waals surface area contributed by atoms with Crippen molar-refractivity contribution in [3.8, 4) is 50.2 Å². The molecule has 10 rings (SSSR count). The zero-order valence-electron chi connectivity index (χ0n) is 27.1. The summed E-state index contributed by atoms with van der Waals surface area (Å²) in [7, 11) is 0. The zero-order chi connectivity index (χ0) is 33.0. The van der Waals surface area contributed by atoms with E-state index in [9.17, 15) is 0 Å². The van der Waals surface area contributed by atoms with Crippen LogP contribution in [0.3, 0.4) is 0 Å². The summed E-state index contributed by atoms with van der Waals surface area (Å²) < 4.78 is 8.40. The highest BCUT2D eigenvalue weighted by molar-refractivity contribution is 6.10. The predicted molar refractivity (Wildman–Crippen MR) is 208 cm³/mol. The van der Waals surface area contributed by atoms with E-state index in [1.807, 2.05) is 12.3 Å². The molecule has 0 amide bonds. The lowest BCUT2D eigenvalue weighted by molar-refractivity contribution is 0.668. The Morgan fingerprint density at radius 3 is 1.54 bits per heavy atom. The number of hydrogen-bond acceptors (Lipinski definition) is 2. The van der Waals surface area contributed by atoms with Gasteiger partial charge in [-0.3, -0.25) is 4.98 Å². The van der Waals surface area contributed by atoms with Gasteiger partial charge in [0.15, 0.2) is 0 Å². The summed E-state index contributed by atoms with van der Waals surface area (Å²) in [4.78, 5) is 4.32. The lowest BCUT2D eigenvalue weighted by Gasteiger charge is -2.11. The van der Waals surface area contributed by atoms with E-state index >= 15 is 0 Å². The number of furan rings is 1. The number of aromatic nitrogens is 2. The number of pyridine rings is 1. The molecule has 0 radical (unpaired) electrons. The molecule has 10 aromatic rings. The highest BCUT2D eigenvalue weighted by Crippen LogP contribution is 2.37. The summed E-state index contributed by atoms with van der Waals surface area (Å²) in [6.07, 6.45) is 3.65. The lowest BCUT2D eigenvalue weighted by Crippen LogP contribution is -1.92. The Labute approximate surface area is 289 Å². The quantitative estimate of drug-likeness (QED) is 0.188. The van der Waals surface area contributed by atoms with Crippen molar-refractivity contribution in [2.24, 2.45) is 0 Å². The van der Waals surface area contributed by atoms with Crippen LogP contribution < -0.4 is 0 Å². The fourth-order valence-corrected chi connectivity index (χ4v) is 7.44. The van der Waals surface area contributed by atoms with Gasteiger partial charge in [-0.15, -0.1) is 0 Å². The monoisotopic (exact) mass is 638 g/mol. The first-order valence-corrected chi connectivity index (χ1v) is 16.9. The van der Waals surface area contributed by atoms with Gasteiger partial charge >= 0.3 is 0 Å². The molecule has 3 heterocycles. The van der Waals surface area contributed by atoms with Crippen molar-refractivity contribution in [1.82, 2.24) is 9.55 Å². The molecule has 0 saturated carbocycles. The maximum atomic E-state index is 6.04. The SMILES string of the molecule is c1ccc(-n2c3ccccc3c3cc(-c4cccc(-c5cccc(-c6cccc(-c7ccc8oc9ccncc9c8c7)c6)c5)c4)ccc32)cc1. The lowest BCUT2D eigenvalue weighted by atomic mass is 9.94. The Kier molecular flexibility index (Phi) is 6.49. The van der Waals surface area contributed by atoms with Crippen molar-refractivity contribution in [1.29, 1.82) is 0 Å². The molecular weight excluding hydrogens is 609 g/mol. The van der Waals surface area contributed by atoms with Crippen LogP contribution in [0.2, 0.25) is 0 Å². The van der Waals surface area contributed by atoms with Crippen LogP contribution in [0.5, 0.6) is 0 Å². The molecule has 0 aliphatic carbocycles. The smallest absolute Gasteiger partial charge is 0.138 e. The largest absolute Gasteiger partial charge is 0.456 e. The van der Waals surface area contributed by atoms with Gasteiger partial charge in [-0.2, -0.15) is 0 Å². The van der Waals surface area contributed by atoms with Crippen molar-refractivity contribution in [3.05, 3.63) is 182 Å². The van der Waals surface area contributed by atoms with Crippen LogP contribution in [-0.4, -0.2) is 9.55 Å². The van der Waals surface area contributed by atoms with Crippen LogP contribution in [-0.2, 0) is 0 Å². The fourth-order valence-electron chi connectivity index (χ4n) is 7.44. The van der Waals surface area contributed by atoms with Crippen molar-refractivity contribution in [2.75, 3.05) is 0 Å². The number of benzene rings is 7. The molecule has 50 heavy (non-hydrogen) atoms. The van der Waals surface area contributed by atoms with Crippen molar-refractivity contribution < 1.29 is 4.42 Å². The third-order valence-corrected chi connectivity index (χ3v) is 9.88. The molecule has 3 aromatic heterocycles. The van der Waals surface area contributed by atoms with E-state index in [0.29, 0.717) is 0 Å². The molecular formula is C47H30N2O. The summed E-state index contributed by atoms with van der Waals surface area (Å²) >= 11 is 0. The van der Waals surface area contributed by atoms with Gasteiger partial charge in [0.25, 0.3) is 0 Å². The molecule has 0 spiro atoms. The zero-order valence-corrected chi connectivity index (χ0v) is 27.1. The first-order valence-electron chi connectivity index (χ1n) is 16.9. The molecule has 0 aliphatic rings. The molecule has 7 aromatic carbocycles. The van der Waals surface area contributed by atoms with Crippen LogP contribution in [0.1, 0.15) is 0 Å². The Morgan fingerprint density at radius 1 is 0.360 bits per heavy atom. The second-order valence-electron chi connectivity index (χ2n) is 12.8. The van der Waals surface area contributed by atoms with Crippen LogP contribution in [0.25, 0.3) is 93.9 Å². The maximum absolute atomic E-state index is 6.04. The van der Waals surface area contributed by atoms with Crippen molar-refractivity contribution in [3.63, 3.8) is 0 Å². The highest BCUT2D eigenvalue weighted by Gasteiger charge is 2.14. The summed E-state index contributed by atoms with van der Waals surface area (Å²) in [5, 5.41) is 4.63. The van der Waals surface area contributed by atoms with Gasteiger partial charge in [-0.05, 0) is 111 Å². The van der Waals surface area contributed by atoms with Crippen molar-refractivity contribution in [2.45, 2.75) is 0 Å². The van der Waals surface area contributed by atoms with Crippen LogP contribution in [0.15, 0.2) is 187 Å². The van der Waals surface area contributed by atoms with Gasteiger partial charge in [-0.1, -0.05) is 103 Å². The minimum atomic E-state index is 0.859. The van der Waals surface area contributed by atoms with E-state index in [1.54, 1.807) is 6.20 Å². The topological polar surface area (TPSA) is 31.0 Å². The Balaban J connectivity index is 1.01. The third kappa shape index (κ3) is 4.71. The molecule has 234 valence electrons. The molecule has 0 aliphatic heterocycles. The summed E-state index contributed by atoms with van der Waals surface area (Å²) in [5.74, 6) is 0. The van der Waals surface area contributed by atoms with E-state index in [4.69, 9.17) is 4.42 Å². The third-order valence-electron chi connectivity index (χ3n) is 9.88. The standard InChI is InChI=1S/C47H30N2O/c1-2-15-39(16-3-1)49-44-18-5-4-17-40(44)41-28-37(19-21-45(41)49)35-13-7-11-33(26-35)31-9-6-10-32(25-31)34-12-8-14-36(27-34)38-20-22-46-42(29-38)43-30-48-24-23-47(43)50-46/h1-30H. The number of nitrogens with zero attached hydrogens (tertiary/aromatic N) is 2. The van der Waals surface area contributed by atoms with E-state index in [1.165, 1.54) is 66.4 Å². The number of hydrogen-bond donors (Lipinski definition) is 0. The highest BCUT2D eigenvalue weighted by atomic mass is 16.3. The first-order chi connectivity index (χ1) is 24.8. The van der Waals surface area contributed by atoms with Gasteiger partial charge < -0.3 is 8.98 Å². The fraction of sp³-hybridized carbons (Fsp3) is 0. The van der Waals surface area contributed by atoms with Crippen LogP contribution >= 0.6 is 0 Å². The summed E-state index contributed by atoms with van der Waals surface area (Å²) in [5.41, 5.74) is 14.8. The Morgan fingerprint density at radius 2 is 0.880 bits per heavy atom. The van der Waals surface area contributed by atoms with Gasteiger partial charge in [0.1, 0.15) is 11.2 Å². The van der Waals surface area contributed by atoms with E-state index < -0.39 is 0 Å². The van der Waals surface area contributed by atoms with Gasteiger partial charge in [0.05, 0.1) is 11.0 Å². The normalized spacial score (nSPS) is 11.6. The average molecular weight is 639 g/mol. The Bertz CT molecular complexity index is 2880. The molecule has 3 nitrogen and oxygen atoms in total. The maximum Gasteiger partial charge on any atom is 0.138 e. The van der Waals surface area contributed by atoms with Gasteiger partial charge in [0.2, 0.25) is 0 Å². The number of rotatable bonds is 5. The molecule has 0 saturated heterocycles. The minimum absolute atomic E-state index is 0.859. The molecule has 0 atom stereocenters. The van der Waals surface area contributed by atoms with Crippen LogP contribution in [0, 0.1) is 0 Å². The van der Waals surface area contributed by atoms with Gasteiger partial charge in [-0.25, -0.2) is 0 Å². The molecule has 0 fully saturated rings. The van der Waals surface area contributed by atoms with E-state index in [0.717, 1.165) is 27.5 Å². The minimum Gasteiger partial charge on any atom is -0.456 e. The summed E-state index contributed by atoms with van der Waals surface area (Å²) in [6, 6.07) is 61.0. The first kappa shape index (κ1) is 28.3. The van der Waals surface area contributed by atoms with Crippen LogP contribution in [0.4, 0.5) is 0 Å². The number of fused-ring (bicyclic) bond motifs is 6.